The van der Waals surface area contributed by atoms with Gasteiger partial charge in [0.25, 0.3) is 5.91 Å². The number of esters is 1. The van der Waals surface area contributed by atoms with E-state index in [0.717, 1.165) is 18.4 Å². The maximum atomic E-state index is 13.1. The minimum absolute atomic E-state index is 0.0609. The van der Waals surface area contributed by atoms with Crippen molar-refractivity contribution in [2.75, 3.05) is 19.7 Å². The van der Waals surface area contributed by atoms with E-state index in [1.165, 1.54) is 0 Å². The average Bonchev–Trinajstić information content (AvgIpc) is 2.65. The van der Waals surface area contributed by atoms with Gasteiger partial charge in [0.15, 0.2) is 0 Å². The number of nitrogens with zero attached hydrogens (tertiary/aromatic N) is 1. The molecule has 1 aromatic carbocycles. The molecule has 0 spiro atoms. The van der Waals surface area contributed by atoms with Crippen LogP contribution in [0.15, 0.2) is 24.3 Å². The second kappa shape index (κ2) is 9.53. The molecular formula is C21H30N2O4. The summed E-state index contributed by atoms with van der Waals surface area (Å²) in [4.78, 5) is 39.4. The fourth-order valence-electron chi connectivity index (χ4n) is 3.35. The molecule has 1 aliphatic rings. The van der Waals surface area contributed by atoms with Gasteiger partial charge in [-0.1, -0.05) is 31.5 Å². The van der Waals surface area contributed by atoms with Crippen molar-refractivity contribution in [2.24, 2.45) is 11.8 Å². The van der Waals surface area contributed by atoms with Gasteiger partial charge in [0.1, 0.15) is 6.04 Å². The lowest BCUT2D eigenvalue weighted by atomic mass is 9.95. The Bertz CT molecular complexity index is 687. The van der Waals surface area contributed by atoms with Crippen LogP contribution < -0.4 is 5.32 Å². The van der Waals surface area contributed by atoms with Crippen LogP contribution in [0.4, 0.5) is 0 Å². The minimum Gasteiger partial charge on any atom is -0.466 e. The SMILES string of the molecule is CCOC(=O)C1CCCN(C(=O)[C@@H](NC(=O)c2cccc(C)c2)C(C)C)C1. The Kier molecular flexibility index (Phi) is 7.39. The zero-order chi connectivity index (χ0) is 20.0. The maximum Gasteiger partial charge on any atom is 0.310 e. The van der Waals surface area contributed by atoms with Crippen LogP contribution in [0, 0.1) is 18.8 Å². The molecule has 1 fully saturated rings. The molecule has 1 aliphatic heterocycles. The fourth-order valence-corrected chi connectivity index (χ4v) is 3.35. The second-order valence-corrected chi connectivity index (χ2v) is 7.44. The Morgan fingerprint density at radius 1 is 1.30 bits per heavy atom. The molecule has 1 heterocycles. The summed E-state index contributed by atoms with van der Waals surface area (Å²) in [5.74, 6) is -0.998. The number of carbonyl (C=O) groups is 3. The van der Waals surface area contributed by atoms with Crippen LogP contribution in [-0.4, -0.2) is 48.4 Å². The summed E-state index contributed by atoms with van der Waals surface area (Å²) in [5.41, 5.74) is 1.53. The molecule has 0 saturated carbocycles. The number of carbonyl (C=O) groups excluding carboxylic acids is 3. The van der Waals surface area contributed by atoms with E-state index in [1.54, 1.807) is 24.0 Å². The standard InChI is InChI=1S/C21H30N2O4/c1-5-27-21(26)17-10-7-11-23(13-17)20(25)18(14(2)3)22-19(24)16-9-6-8-15(4)12-16/h6,8-9,12,14,17-18H,5,7,10-11,13H2,1-4H3,(H,22,24)/t17?,18-/m0/s1. The molecule has 6 nitrogen and oxygen atoms in total. The van der Waals surface area contributed by atoms with E-state index in [1.807, 2.05) is 32.9 Å². The molecule has 2 rings (SSSR count). The predicted octanol–water partition coefficient (Wildman–Crippen LogP) is 2.55. The monoisotopic (exact) mass is 374 g/mol. The first kappa shape index (κ1) is 20.9. The van der Waals surface area contributed by atoms with Crippen molar-refractivity contribution in [1.82, 2.24) is 10.2 Å². The van der Waals surface area contributed by atoms with E-state index >= 15 is 0 Å². The summed E-state index contributed by atoms with van der Waals surface area (Å²) in [5, 5.41) is 2.88. The van der Waals surface area contributed by atoms with Crippen molar-refractivity contribution >= 4 is 17.8 Å². The molecule has 1 unspecified atom stereocenters. The van der Waals surface area contributed by atoms with Gasteiger partial charge in [0, 0.05) is 18.7 Å². The molecule has 0 aliphatic carbocycles. The number of aryl methyl sites for hydroxylation is 1. The summed E-state index contributed by atoms with van der Waals surface area (Å²) < 4.78 is 5.10. The van der Waals surface area contributed by atoms with Gasteiger partial charge >= 0.3 is 5.97 Å². The first-order valence-corrected chi connectivity index (χ1v) is 9.66. The molecule has 1 N–H and O–H groups in total. The third-order valence-corrected chi connectivity index (χ3v) is 4.85. The van der Waals surface area contributed by atoms with Crippen LogP contribution >= 0.6 is 0 Å². The molecule has 0 radical (unpaired) electrons. The first-order chi connectivity index (χ1) is 12.8. The van der Waals surface area contributed by atoms with Crippen molar-refractivity contribution < 1.29 is 19.1 Å². The van der Waals surface area contributed by atoms with Crippen LogP contribution in [0.3, 0.4) is 0 Å². The van der Waals surface area contributed by atoms with E-state index in [9.17, 15) is 14.4 Å². The number of piperidine rings is 1. The Labute approximate surface area is 161 Å². The van der Waals surface area contributed by atoms with Gasteiger partial charge in [-0.15, -0.1) is 0 Å². The molecule has 2 atom stereocenters. The fraction of sp³-hybridized carbons (Fsp3) is 0.571. The van der Waals surface area contributed by atoms with Crippen molar-refractivity contribution in [3.8, 4) is 0 Å². The van der Waals surface area contributed by atoms with Gasteiger partial charge < -0.3 is 15.0 Å². The van der Waals surface area contributed by atoms with Gasteiger partial charge in [-0.05, 0) is 44.7 Å². The third-order valence-electron chi connectivity index (χ3n) is 4.85. The third kappa shape index (κ3) is 5.55. The zero-order valence-corrected chi connectivity index (χ0v) is 16.7. The lowest BCUT2D eigenvalue weighted by Crippen LogP contribution is -2.54. The van der Waals surface area contributed by atoms with Crippen LogP contribution in [-0.2, 0) is 14.3 Å². The number of benzene rings is 1. The normalized spacial score (nSPS) is 18.1. The summed E-state index contributed by atoms with van der Waals surface area (Å²) in [6.45, 7) is 8.80. The van der Waals surface area contributed by atoms with Crippen LogP contribution in [0.1, 0.15) is 49.5 Å². The van der Waals surface area contributed by atoms with Gasteiger partial charge in [0.05, 0.1) is 12.5 Å². The summed E-state index contributed by atoms with van der Waals surface area (Å²) in [6, 6.07) is 6.66. The smallest absolute Gasteiger partial charge is 0.310 e. The van der Waals surface area contributed by atoms with E-state index in [0.29, 0.717) is 25.3 Å². The molecule has 0 bridgehead atoms. The lowest BCUT2D eigenvalue weighted by Gasteiger charge is -2.35. The number of nitrogens with one attached hydrogen (secondary N) is 1. The van der Waals surface area contributed by atoms with Crippen molar-refractivity contribution in [1.29, 1.82) is 0 Å². The van der Waals surface area contributed by atoms with E-state index in [-0.39, 0.29) is 29.6 Å². The highest BCUT2D eigenvalue weighted by molar-refractivity contribution is 5.97. The number of likely N-dealkylation sites (tertiary alicyclic amines) is 1. The quantitative estimate of drug-likeness (QED) is 0.777. The Balaban J connectivity index is 2.07. The highest BCUT2D eigenvalue weighted by atomic mass is 16.5. The summed E-state index contributed by atoms with van der Waals surface area (Å²) in [7, 11) is 0. The molecule has 1 aromatic rings. The van der Waals surface area contributed by atoms with Crippen molar-refractivity contribution in [2.45, 2.75) is 46.6 Å². The maximum absolute atomic E-state index is 13.1. The topological polar surface area (TPSA) is 75.7 Å². The molecule has 2 amide bonds. The minimum atomic E-state index is -0.626. The Hall–Kier alpha value is -2.37. The lowest BCUT2D eigenvalue weighted by molar-refractivity contribution is -0.151. The van der Waals surface area contributed by atoms with Crippen LogP contribution in [0.2, 0.25) is 0 Å². The molecule has 0 aromatic heterocycles. The Morgan fingerprint density at radius 3 is 2.67 bits per heavy atom. The number of ether oxygens (including phenoxy) is 1. The average molecular weight is 374 g/mol. The summed E-state index contributed by atoms with van der Waals surface area (Å²) in [6.07, 6.45) is 1.48. The highest BCUT2D eigenvalue weighted by Crippen LogP contribution is 2.20. The molecule has 148 valence electrons. The van der Waals surface area contributed by atoms with Crippen LogP contribution in [0.25, 0.3) is 0 Å². The van der Waals surface area contributed by atoms with E-state index in [2.05, 4.69) is 5.32 Å². The van der Waals surface area contributed by atoms with Gasteiger partial charge in [0.2, 0.25) is 5.91 Å². The highest BCUT2D eigenvalue weighted by Gasteiger charge is 2.34. The largest absolute Gasteiger partial charge is 0.466 e. The first-order valence-electron chi connectivity index (χ1n) is 9.66. The molecule has 27 heavy (non-hydrogen) atoms. The van der Waals surface area contributed by atoms with E-state index in [4.69, 9.17) is 4.74 Å². The summed E-state index contributed by atoms with van der Waals surface area (Å²) >= 11 is 0. The van der Waals surface area contributed by atoms with Crippen molar-refractivity contribution in [3.05, 3.63) is 35.4 Å². The number of hydrogen-bond acceptors (Lipinski definition) is 4. The number of hydrogen-bond donors (Lipinski definition) is 1. The van der Waals surface area contributed by atoms with Gasteiger partial charge in [-0.2, -0.15) is 0 Å². The van der Waals surface area contributed by atoms with E-state index < -0.39 is 6.04 Å². The molecular weight excluding hydrogens is 344 g/mol. The predicted molar refractivity (Wildman–Crippen MR) is 103 cm³/mol. The molecule has 1 saturated heterocycles. The van der Waals surface area contributed by atoms with Crippen LogP contribution in [0.5, 0.6) is 0 Å². The molecule has 6 heteroatoms. The van der Waals surface area contributed by atoms with Gasteiger partial charge in [-0.3, -0.25) is 14.4 Å². The zero-order valence-electron chi connectivity index (χ0n) is 16.7. The van der Waals surface area contributed by atoms with Crippen molar-refractivity contribution in [3.63, 3.8) is 0 Å². The number of amides is 2. The van der Waals surface area contributed by atoms with Gasteiger partial charge in [-0.25, -0.2) is 0 Å². The number of rotatable bonds is 6. The Morgan fingerprint density at radius 2 is 2.04 bits per heavy atom. The second-order valence-electron chi connectivity index (χ2n) is 7.44.